The number of thioether (sulfide) groups is 1. The van der Waals surface area contributed by atoms with Gasteiger partial charge in [-0.3, -0.25) is 9.59 Å². The number of carbonyl (C=O) groups excluding carboxylic acids is 2. The van der Waals surface area contributed by atoms with Crippen molar-refractivity contribution in [2.45, 2.75) is 44.7 Å². The van der Waals surface area contributed by atoms with E-state index in [4.69, 9.17) is 5.73 Å². The summed E-state index contributed by atoms with van der Waals surface area (Å²) in [4.78, 5) is 36.8. The number of rotatable bonds is 4. The number of hydrogen-bond donors (Lipinski definition) is 1. The molecule has 0 aliphatic carbocycles. The Bertz CT molecular complexity index is 820. The van der Waals surface area contributed by atoms with Crippen LogP contribution in [0.5, 0.6) is 0 Å². The number of piperidine rings is 1. The molecular formula is C17H22N4O2S2. The maximum atomic E-state index is 12.7. The van der Waals surface area contributed by atoms with E-state index < -0.39 is 0 Å². The van der Waals surface area contributed by atoms with E-state index in [-0.39, 0.29) is 23.8 Å². The van der Waals surface area contributed by atoms with Crippen LogP contribution in [0, 0.1) is 19.8 Å². The summed E-state index contributed by atoms with van der Waals surface area (Å²) in [7, 11) is 0. The highest BCUT2D eigenvalue weighted by Gasteiger charge is 2.31. The molecule has 8 heteroatoms. The molecule has 2 unspecified atom stereocenters. The molecular weight excluding hydrogens is 356 g/mol. The molecule has 0 bridgehead atoms. The van der Waals surface area contributed by atoms with Crippen LogP contribution in [0.25, 0.3) is 10.2 Å². The number of primary amides is 1. The third-order valence-corrected chi connectivity index (χ3v) is 6.96. The van der Waals surface area contributed by atoms with Gasteiger partial charge in [0.2, 0.25) is 11.8 Å². The summed E-state index contributed by atoms with van der Waals surface area (Å²) in [5.41, 5.74) is 6.60. The van der Waals surface area contributed by atoms with Gasteiger partial charge in [0.25, 0.3) is 0 Å². The highest BCUT2D eigenvalue weighted by molar-refractivity contribution is 8.00. The second-order valence-electron chi connectivity index (χ2n) is 6.50. The van der Waals surface area contributed by atoms with Gasteiger partial charge in [0.1, 0.15) is 16.2 Å². The van der Waals surface area contributed by atoms with Crippen molar-refractivity contribution in [3.8, 4) is 0 Å². The fourth-order valence-corrected chi connectivity index (χ4v) is 5.16. The number of thiophene rings is 1. The van der Waals surface area contributed by atoms with Crippen molar-refractivity contribution in [3.05, 3.63) is 16.8 Å². The van der Waals surface area contributed by atoms with Crippen LogP contribution in [0.2, 0.25) is 0 Å². The van der Waals surface area contributed by atoms with Gasteiger partial charge in [0.15, 0.2) is 0 Å². The smallest absolute Gasteiger partial charge is 0.233 e. The summed E-state index contributed by atoms with van der Waals surface area (Å²) in [6.07, 6.45) is 3.12. The Balaban J connectivity index is 1.73. The van der Waals surface area contributed by atoms with Gasteiger partial charge in [-0.25, -0.2) is 9.97 Å². The lowest BCUT2D eigenvalue weighted by Gasteiger charge is -2.36. The predicted molar refractivity (Wildman–Crippen MR) is 101 cm³/mol. The number of likely N-dealkylation sites (tertiary alicyclic amines) is 1. The van der Waals surface area contributed by atoms with Crippen LogP contribution in [0.4, 0.5) is 0 Å². The molecule has 25 heavy (non-hydrogen) atoms. The molecule has 1 saturated heterocycles. The van der Waals surface area contributed by atoms with E-state index in [9.17, 15) is 9.59 Å². The first-order chi connectivity index (χ1) is 11.9. The molecule has 2 N–H and O–H groups in total. The lowest BCUT2D eigenvalue weighted by atomic mass is 9.93. The fourth-order valence-electron chi connectivity index (χ4n) is 3.16. The van der Waals surface area contributed by atoms with Crippen LogP contribution in [0.1, 0.15) is 30.2 Å². The zero-order valence-corrected chi connectivity index (χ0v) is 16.2. The maximum absolute atomic E-state index is 12.7. The van der Waals surface area contributed by atoms with E-state index in [1.165, 1.54) is 22.2 Å². The van der Waals surface area contributed by atoms with Gasteiger partial charge < -0.3 is 10.6 Å². The molecule has 1 fully saturated rings. The molecule has 0 spiro atoms. The largest absolute Gasteiger partial charge is 0.369 e. The molecule has 2 amide bonds. The number of nitrogens with two attached hydrogens (primary N) is 1. The molecule has 2 aromatic rings. The number of carbonyl (C=O) groups is 2. The highest BCUT2D eigenvalue weighted by atomic mass is 32.2. The number of fused-ring (bicyclic) bond motifs is 1. The quantitative estimate of drug-likeness (QED) is 0.652. The zero-order chi connectivity index (χ0) is 18.1. The van der Waals surface area contributed by atoms with Crippen LogP contribution in [-0.4, -0.2) is 45.0 Å². The second kappa shape index (κ2) is 7.29. The Morgan fingerprint density at radius 1 is 1.36 bits per heavy atom. The minimum atomic E-state index is -0.320. The Hall–Kier alpha value is -1.67. The SMILES string of the molecule is Cc1sc2ncnc(SCC(=O)N3CC(C(N)=O)CCC3C)c2c1C. The molecule has 6 nitrogen and oxygen atoms in total. The molecule has 134 valence electrons. The Morgan fingerprint density at radius 3 is 2.84 bits per heavy atom. The molecule has 2 aromatic heterocycles. The summed E-state index contributed by atoms with van der Waals surface area (Å²) >= 11 is 3.09. The highest BCUT2D eigenvalue weighted by Crippen LogP contribution is 2.34. The molecule has 3 heterocycles. The van der Waals surface area contributed by atoms with Gasteiger partial charge in [-0.1, -0.05) is 11.8 Å². The van der Waals surface area contributed by atoms with Crippen molar-refractivity contribution in [1.29, 1.82) is 0 Å². The second-order valence-corrected chi connectivity index (χ2v) is 8.67. The first-order valence-electron chi connectivity index (χ1n) is 8.30. The molecule has 0 radical (unpaired) electrons. The summed E-state index contributed by atoms with van der Waals surface area (Å²) < 4.78 is 0. The van der Waals surface area contributed by atoms with E-state index in [2.05, 4.69) is 23.8 Å². The number of amides is 2. The van der Waals surface area contributed by atoms with Crippen molar-refractivity contribution in [2.24, 2.45) is 11.7 Å². The van der Waals surface area contributed by atoms with Gasteiger partial charge in [0.05, 0.1) is 11.7 Å². The molecule has 0 aromatic carbocycles. The zero-order valence-electron chi connectivity index (χ0n) is 14.6. The number of hydrogen-bond acceptors (Lipinski definition) is 6. The minimum Gasteiger partial charge on any atom is -0.369 e. The van der Waals surface area contributed by atoms with Crippen LogP contribution in [0.3, 0.4) is 0 Å². The standard InChI is InChI=1S/C17H22N4O2S2/c1-9-4-5-12(15(18)23)6-21(9)13(22)7-24-16-14-10(2)11(3)25-17(14)20-8-19-16/h8-9,12H,4-7H2,1-3H3,(H2,18,23). The van der Waals surface area contributed by atoms with E-state index in [1.807, 2.05) is 6.92 Å². The van der Waals surface area contributed by atoms with Crippen molar-refractivity contribution in [1.82, 2.24) is 14.9 Å². The van der Waals surface area contributed by atoms with E-state index >= 15 is 0 Å². The van der Waals surface area contributed by atoms with Crippen LogP contribution in [0.15, 0.2) is 11.4 Å². The number of aryl methyl sites for hydroxylation is 2. The van der Waals surface area contributed by atoms with Crippen LogP contribution in [-0.2, 0) is 9.59 Å². The van der Waals surface area contributed by atoms with Gasteiger partial charge in [0, 0.05) is 22.8 Å². The van der Waals surface area contributed by atoms with Crippen molar-refractivity contribution >= 4 is 45.1 Å². The third-order valence-electron chi connectivity index (χ3n) is 4.87. The number of nitrogens with zero attached hydrogens (tertiary/aromatic N) is 3. The Morgan fingerprint density at radius 2 is 2.12 bits per heavy atom. The Kier molecular flexibility index (Phi) is 5.29. The number of aromatic nitrogens is 2. The third kappa shape index (κ3) is 3.64. The molecule has 3 rings (SSSR count). The van der Waals surface area contributed by atoms with Crippen molar-refractivity contribution in [2.75, 3.05) is 12.3 Å². The summed E-state index contributed by atoms with van der Waals surface area (Å²) in [5, 5.41) is 1.89. The van der Waals surface area contributed by atoms with Crippen molar-refractivity contribution in [3.63, 3.8) is 0 Å². The molecule has 2 atom stereocenters. The summed E-state index contributed by atoms with van der Waals surface area (Å²) in [5.74, 6) is -0.229. The first kappa shape index (κ1) is 18.1. The fraction of sp³-hybridized carbons (Fsp3) is 0.529. The van der Waals surface area contributed by atoms with Gasteiger partial charge in [-0.05, 0) is 39.2 Å². The van der Waals surface area contributed by atoms with Crippen LogP contribution < -0.4 is 5.73 Å². The lowest BCUT2D eigenvalue weighted by Crippen LogP contribution is -2.49. The first-order valence-corrected chi connectivity index (χ1v) is 10.1. The molecule has 1 aliphatic heterocycles. The van der Waals surface area contributed by atoms with Crippen molar-refractivity contribution < 1.29 is 9.59 Å². The molecule has 1 aliphatic rings. The van der Waals surface area contributed by atoms with Gasteiger partial charge in [-0.2, -0.15) is 0 Å². The monoisotopic (exact) mass is 378 g/mol. The normalized spacial score (nSPS) is 20.8. The maximum Gasteiger partial charge on any atom is 0.233 e. The average Bonchev–Trinajstić information content (AvgIpc) is 2.88. The predicted octanol–water partition coefficient (Wildman–Crippen LogP) is 2.51. The van der Waals surface area contributed by atoms with Crippen LogP contribution >= 0.6 is 23.1 Å². The topological polar surface area (TPSA) is 89.2 Å². The molecule has 0 saturated carbocycles. The minimum absolute atomic E-state index is 0.0276. The van der Waals surface area contributed by atoms with Gasteiger partial charge >= 0.3 is 0 Å². The van der Waals surface area contributed by atoms with E-state index in [1.54, 1.807) is 22.6 Å². The van der Waals surface area contributed by atoms with E-state index in [0.717, 1.165) is 28.1 Å². The average molecular weight is 379 g/mol. The summed E-state index contributed by atoms with van der Waals surface area (Å²) in [6, 6.07) is 0.138. The lowest BCUT2D eigenvalue weighted by molar-refractivity contribution is -0.135. The summed E-state index contributed by atoms with van der Waals surface area (Å²) in [6.45, 7) is 6.58. The van der Waals surface area contributed by atoms with E-state index in [0.29, 0.717) is 12.3 Å². The van der Waals surface area contributed by atoms with Gasteiger partial charge in [-0.15, -0.1) is 11.3 Å². The Labute approximate surface area is 155 Å².